The van der Waals surface area contributed by atoms with Crippen LogP contribution in [0.4, 0.5) is 0 Å². The van der Waals surface area contributed by atoms with Crippen molar-refractivity contribution in [2.24, 2.45) is 0 Å². The van der Waals surface area contributed by atoms with E-state index in [-0.39, 0.29) is 17.9 Å². The van der Waals surface area contributed by atoms with E-state index in [2.05, 4.69) is 6.92 Å². The summed E-state index contributed by atoms with van der Waals surface area (Å²) in [7, 11) is 1.38. The molecule has 0 radical (unpaired) electrons. The van der Waals surface area contributed by atoms with E-state index >= 15 is 0 Å². The van der Waals surface area contributed by atoms with Crippen molar-refractivity contribution in [3.05, 3.63) is 35.9 Å². The molecular weight excluding hydrogens is 254 g/mol. The van der Waals surface area contributed by atoms with Gasteiger partial charge in [-0.2, -0.15) is 0 Å². The highest BCUT2D eigenvalue weighted by Gasteiger charge is 2.41. The van der Waals surface area contributed by atoms with Crippen LogP contribution in [-0.2, 0) is 14.3 Å². The topological polar surface area (TPSA) is 46.6 Å². The van der Waals surface area contributed by atoms with E-state index in [1.807, 2.05) is 30.3 Å². The quantitative estimate of drug-likeness (QED) is 0.776. The zero-order chi connectivity index (χ0) is 14.5. The van der Waals surface area contributed by atoms with Gasteiger partial charge in [0.25, 0.3) is 0 Å². The SMILES string of the molecule is CCCC(c1ccccc1)N1C(=O)CCC1C(=O)OC. The molecule has 0 saturated carbocycles. The van der Waals surface area contributed by atoms with Gasteiger partial charge in [-0.05, 0) is 18.4 Å². The number of nitrogens with zero attached hydrogens (tertiary/aromatic N) is 1. The highest BCUT2D eigenvalue weighted by atomic mass is 16.5. The molecule has 4 heteroatoms. The van der Waals surface area contributed by atoms with Gasteiger partial charge in [-0.15, -0.1) is 0 Å². The lowest BCUT2D eigenvalue weighted by Crippen LogP contribution is -2.41. The largest absolute Gasteiger partial charge is 0.467 e. The second kappa shape index (κ2) is 6.55. The van der Waals surface area contributed by atoms with E-state index in [0.29, 0.717) is 12.8 Å². The van der Waals surface area contributed by atoms with Crippen LogP contribution in [0.2, 0.25) is 0 Å². The molecule has 1 amide bonds. The Morgan fingerprint density at radius 2 is 2.10 bits per heavy atom. The third-order valence-electron chi connectivity index (χ3n) is 3.81. The Bertz CT molecular complexity index is 472. The lowest BCUT2D eigenvalue weighted by molar-refractivity contribution is -0.151. The Labute approximate surface area is 119 Å². The predicted octanol–water partition coefficient (Wildman–Crippen LogP) is 2.69. The van der Waals surface area contributed by atoms with Crippen LogP contribution >= 0.6 is 0 Å². The summed E-state index contributed by atoms with van der Waals surface area (Å²) < 4.78 is 4.84. The Kier molecular flexibility index (Phi) is 4.77. The van der Waals surface area contributed by atoms with Crippen molar-refractivity contribution >= 4 is 11.9 Å². The number of hydrogen-bond acceptors (Lipinski definition) is 3. The zero-order valence-corrected chi connectivity index (χ0v) is 12.0. The molecule has 1 aromatic carbocycles. The maximum atomic E-state index is 12.2. The summed E-state index contributed by atoms with van der Waals surface area (Å²) in [5.41, 5.74) is 1.08. The van der Waals surface area contributed by atoms with Crippen LogP contribution in [0.3, 0.4) is 0 Å². The highest BCUT2D eigenvalue weighted by Crippen LogP contribution is 2.33. The lowest BCUT2D eigenvalue weighted by atomic mass is 9.99. The minimum atomic E-state index is -0.441. The van der Waals surface area contributed by atoms with Crippen LogP contribution in [0.1, 0.15) is 44.2 Å². The number of carbonyl (C=O) groups is 2. The molecule has 2 rings (SSSR count). The molecule has 0 spiro atoms. The van der Waals surface area contributed by atoms with Crippen molar-refractivity contribution in [2.75, 3.05) is 7.11 Å². The van der Waals surface area contributed by atoms with E-state index < -0.39 is 6.04 Å². The molecule has 0 aliphatic carbocycles. The van der Waals surface area contributed by atoms with Crippen LogP contribution < -0.4 is 0 Å². The van der Waals surface area contributed by atoms with Crippen LogP contribution in [0, 0.1) is 0 Å². The number of ether oxygens (including phenoxy) is 1. The van der Waals surface area contributed by atoms with Gasteiger partial charge < -0.3 is 9.64 Å². The van der Waals surface area contributed by atoms with Crippen molar-refractivity contribution in [3.63, 3.8) is 0 Å². The van der Waals surface area contributed by atoms with Crippen molar-refractivity contribution < 1.29 is 14.3 Å². The number of hydrogen-bond donors (Lipinski definition) is 0. The Balaban J connectivity index is 2.31. The van der Waals surface area contributed by atoms with E-state index in [1.165, 1.54) is 7.11 Å². The van der Waals surface area contributed by atoms with Gasteiger partial charge in [0.2, 0.25) is 5.91 Å². The fourth-order valence-electron chi connectivity index (χ4n) is 2.88. The van der Waals surface area contributed by atoms with E-state index in [9.17, 15) is 9.59 Å². The molecule has 2 unspecified atom stereocenters. The first-order valence-electron chi connectivity index (χ1n) is 7.13. The monoisotopic (exact) mass is 275 g/mol. The van der Waals surface area contributed by atoms with Crippen molar-refractivity contribution in [1.29, 1.82) is 0 Å². The highest BCUT2D eigenvalue weighted by molar-refractivity contribution is 5.88. The number of likely N-dealkylation sites (tertiary alicyclic amines) is 1. The first kappa shape index (κ1) is 14.6. The van der Waals surface area contributed by atoms with Gasteiger partial charge in [0.15, 0.2) is 0 Å². The second-order valence-electron chi connectivity index (χ2n) is 5.09. The molecule has 4 nitrogen and oxygen atoms in total. The zero-order valence-electron chi connectivity index (χ0n) is 12.0. The number of carbonyl (C=O) groups excluding carboxylic acids is 2. The number of esters is 1. The summed E-state index contributed by atoms with van der Waals surface area (Å²) in [6.45, 7) is 2.09. The van der Waals surface area contributed by atoms with Gasteiger partial charge >= 0.3 is 5.97 Å². The van der Waals surface area contributed by atoms with Crippen LogP contribution in [0.5, 0.6) is 0 Å². The summed E-state index contributed by atoms with van der Waals surface area (Å²) in [6.07, 6.45) is 2.78. The molecule has 2 atom stereocenters. The first-order chi connectivity index (χ1) is 9.69. The summed E-state index contributed by atoms with van der Waals surface area (Å²) in [5, 5.41) is 0. The van der Waals surface area contributed by atoms with E-state index in [0.717, 1.165) is 18.4 Å². The third-order valence-corrected chi connectivity index (χ3v) is 3.81. The maximum Gasteiger partial charge on any atom is 0.328 e. The molecule has 1 fully saturated rings. The Morgan fingerprint density at radius 3 is 2.70 bits per heavy atom. The summed E-state index contributed by atoms with van der Waals surface area (Å²) in [5.74, 6) is -0.268. The standard InChI is InChI=1S/C16H21NO3/c1-3-7-13(12-8-5-4-6-9-12)17-14(16(19)20-2)10-11-15(17)18/h4-6,8-9,13-14H,3,7,10-11H2,1-2H3. The van der Waals surface area contributed by atoms with Gasteiger partial charge in [0, 0.05) is 6.42 Å². The number of amides is 1. The van der Waals surface area contributed by atoms with Gasteiger partial charge in [0.05, 0.1) is 13.2 Å². The average molecular weight is 275 g/mol. The first-order valence-corrected chi connectivity index (χ1v) is 7.13. The molecule has 108 valence electrons. The summed E-state index contributed by atoms with van der Waals surface area (Å²) >= 11 is 0. The molecule has 1 aliphatic heterocycles. The minimum absolute atomic E-state index is 0.0414. The molecule has 1 heterocycles. The lowest BCUT2D eigenvalue weighted by Gasteiger charge is -2.32. The average Bonchev–Trinajstić information content (AvgIpc) is 2.86. The third kappa shape index (κ3) is 2.84. The van der Waals surface area contributed by atoms with E-state index in [1.54, 1.807) is 4.90 Å². The Hall–Kier alpha value is -1.84. The molecule has 20 heavy (non-hydrogen) atoms. The second-order valence-corrected chi connectivity index (χ2v) is 5.09. The summed E-state index contributed by atoms with van der Waals surface area (Å²) in [6, 6.07) is 9.43. The molecule has 1 saturated heterocycles. The maximum absolute atomic E-state index is 12.2. The van der Waals surface area contributed by atoms with Crippen LogP contribution in [-0.4, -0.2) is 29.9 Å². The normalized spacial score (nSPS) is 20.0. The van der Waals surface area contributed by atoms with Gasteiger partial charge in [-0.1, -0.05) is 43.7 Å². The number of benzene rings is 1. The molecule has 1 aromatic rings. The minimum Gasteiger partial charge on any atom is -0.467 e. The van der Waals surface area contributed by atoms with Gasteiger partial charge in [-0.25, -0.2) is 4.79 Å². The van der Waals surface area contributed by atoms with Crippen LogP contribution in [0.25, 0.3) is 0 Å². The fourth-order valence-corrected chi connectivity index (χ4v) is 2.88. The smallest absolute Gasteiger partial charge is 0.328 e. The molecular formula is C16H21NO3. The predicted molar refractivity (Wildman–Crippen MR) is 76.0 cm³/mol. The van der Waals surface area contributed by atoms with Crippen molar-refractivity contribution in [1.82, 2.24) is 4.90 Å². The van der Waals surface area contributed by atoms with Gasteiger partial charge in [-0.3, -0.25) is 4.79 Å². The van der Waals surface area contributed by atoms with Crippen LogP contribution in [0.15, 0.2) is 30.3 Å². The van der Waals surface area contributed by atoms with E-state index in [4.69, 9.17) is 4.74 Å². The van der Waals surface area contributed by atoms with Crippen molar-refractivity contribution in [2.45, 2.75) is 44.7 Å². The molecule has 0 bridgehead atoms. The number of rotatable bonds is 5. The van der Waals surface area contributed by atoms with Gasteiger partial charge in [0.1, 0.15) is 6.04 Å². The molecule has 0 aromatic heterocycles. The molecule has 0 N–H and O–H groups in total. The fraction of sp³-hybridized carbons (Fsp3) is 0.500. The summed E-state index contributed by atoms with van der Waals surface area (Å²) in [4.78, 5) is 25.8. The Morgan fingerprint density at radius 1 is 1.40 bits per heavy atom. The van der Waals surface area contributed by atoms with Crippen molar-refractivity contribution in [3.8, 4) is 0 Å². The molecule has 1 aliphatic rings. The number of methoxy groups -OCH3 is 1.